The van der Waals surface area contributed by atoms with E-state index in [1.54, 1.807) is 13.2 Å². The second-order valence-corrected chi connectivity index (χ2v) is 6.58. The molecular formula is C18H26N6O2. The number of carbonyl (C=O) groups excluding carboxylic acids is 1. The van der Waals surface area contributed by atoms with Gasteiger partial charge < -0.3 is 26.0 Å². The molecule has 8 heteroatoms. The standard InChI is InChI=1S/C18H26N6O2/c1-3-17(25)21-13-9-14(22-18(19)20)16(26-2)10-15(13)24-8-5-12(11-24)23-6-4-7-23/h3,9-10,12H,1,4-8,11H2,2H3,(H,21,25)(H4,19,20,22). The van der Waals surface area contributed by atoms with E-state index >= 15 is 0 Å². The van der Waals surface area contributed by atoms with Gasteiger partial charge in [-0.25, -0.2) is 0 Å². The van der Waals surface area contributed by atoms with Crippen molar-refractivity contribution in [3.63, 3.8) is 0 Å². The summed E-state index contributed by atoms with van der Waals surface area (Å²) in [4.78, 5) is 16.7. The van der Waals surface area contributed by atoms with E-state index in [1.807, 2.05) is 6.07 Å². The maximum absolute atomic E-state index is 11.9. The molecule has 1 aromatic carbocycles. The van der Waals surface area contributed by atoms with Crippen molar-refractivity contribution in [2.45, 2.75) is 18.9 Å². The molecular weight excluding hydrogens is 332 g/mol. The first-order valence-corrected chi connectivity index (χ1v) is 8.77. The monoisotopic (exact) mass is 358 g/mol. The summed E-state index contributed by atoms with van der Waals surface area (Å²) in [5.41, 5.74) is 7.53. The lowest BCUT2D eigenvalue weighted by atomic mass is 10.1. The highest BCUT2D eigenvalue weighted by molar-refractivity contribution is 6.03. The van der Waals surface area contributed by atoms with Crippen LogP contribution in [0.2, 0.25) is 0 Å². The zero-order valence-electron chi connectivity index (χ0n) is 15.0. The molecule has 8 nitrogen and oxygen atoms in total. The van der Waals surface area contributed by atoms with Gasteiger partial charge in [0.2, 0.25) is 5.91 Å². The highest BCUT2D eigenvalue weighted by atomic mass is 16.5. The summed E-state index contributed by atoms with van der Waals surface area (Å²) >= 11 is 0. The Morgan fingerprint density at radius 2 is 2.12 bits per heavy atom. The molecule has 0 spiro atoms. The second-order valence-electron chi connectivity index (χ2n) is 6.58. The second kappa shape index (κ2) is 7.65. The fourth-order valence-electron chi connectivity index (χ4n) is 3.49. The molecule has 1 unspecified atom stereocenters. The third kappa shape index (κ3) is 3.75. The fourth-order valence-corrected chi connectivity index (χ4v) is 3.49. The Kier molecular flexibility index (Phi) is 5.32. The van der Waals surface area contributed by atoms with Gasteiger partial charge in [-0.3, -0.25) is 15.1 Å². The lowest BCUT2D eigenvalue weighted by Crippen LogP contribution is -2.46. The number of amides is 1. The van der Waals surface area contributed by atoms with Gasteiger partial charge in [0.1, 0.15) is 5.75 Å². The van der Waals surface area contributed by atoms with Crippen molar-refractivity contribution >= 4 is 28.9 Å². The van der Waals surface area contributed by atoms with Crippen LogP contribution in [0, 0.1) is 5.41 Å². The van der Waals surface area contributed by atoms with Crippen LogP contribution < -0.4 is 26.0 Å². The lowest BCUT2D eigenvalue weighted by molar-refractivity contribution is -0.111. The number of anilines is 3. The van der Waals surface area contributed by atoms with Gasteiger partial charge in [0.25, 0.3) is 0 Å². The molecule has 1 atom stereocenters. The third-order valence-corrected chi connectivity index (χ3v) is 4.94. The average Bonchev–Trinajstić information content (AvgIpc) is 3.02. The van der Waals surface area contributed by atoms with E-state index < -0.39 is 0 Å². The Morgan fingerprint density at radius 3 is 2.69 bits per heavy atom. The van der Waals surface area contributed by atoms with E-state index in [9.17, 15) is 4.79 Å². The number of hydrogen-bond acceptors (Lipinski definition) is 5. The minimum atomic E-state index is -0.288. The maximum Gasteiger partial charge on any atom is 0.247 e. The molecule has 2 fully saturated rings. The van der Waals surface area contributed by atoms with E-state index in [2.05, 4.69) is 27.0 Å². The topological polar surface area (TPSA) is 107 Å². The van der Waals surface area contributed by atoms with Crippen LogP contribution >= 0.6 is 0 Å². The molecule has 0 saturated carbocycles. The quantitative estimate of drug-likeness (QED) is 0.348. The van der Waals surface area contributed by atoms with Crippen molar-refractivity contribution in [1.29, 1.82) is 5.41 Å². The molecule has 3 rings (SSSR count). The Labute approximate surface area is 153 Å². The first-order valence-electron chi connectivity index (χ1n) is 8.77. The van der Waals surface area contributed by atoms with Gasteiger partial charge in [0.15, 0.2) is 5.96 Å². The summed E-state index contributed by atoms with van der Waals surface area (Å²) in [5.74, 6) is 0.0824. The molecule has 2 aliphatic heterocycles. The van der Waals surface area contributed by atoms with Crippen LogP contribution in [0.5, 0.6) is 5.75 Å². The minimum Gasteiger partial charge on any atom is -0.494 e. The molecule has 1 aromatic rings. The molecule has 0 radical (unpaired) electrons. The number of nitrogens with zero attached hydrogens (tertiary/aromatic N) is 2. The Morgan fingerprint density at radius 1 is 1.35 bits per heavy atom. The third-order valence-electron chi connectivity index (χ3n) is 4.94. The zero-order valence-corrected chi connectivity index (χ0v) is 15.0. The number of methoxy groups -OCH3 is 1. The predicted molar refractivity (Wildman–Crippen MR) is 104 cm³/mol. The van der Waals surface area contributed by atoms with Crippen LogP contribution in [0.3, 0.4) is 0 Å². The van der Waals surface area contributed by atoms with Gasteiger partial charge in [-0.05, 0) is 38.1 Å². The van der Waals surface area contributed by atoms with Crippen molar-refractivity contribution in [1.82, 2.24) is 4.90 Å². The van der Waals surface area contributed by atoms with Crippen LogP contribution in [0.4, 0.5) is 17.1 Å². The van der Waals surface area contributed by atoms with E-state index in [0.717, 1.165) is 25.2 Å². The van der Waals surface area contributed by atoms with Crippen LogP contribution in [0.25, 0.3) is 0 Å². The van der Waals surface area contributed by atoms with Crippen LogP contribution in [0.1, 0.15) is 12.8 Å². The number of rotatable bonds is 6. The molecule has 2 saturated heterocycles. The van der Waals surface area contributed by atoms with Gasteiger partial charge in [-0.15, -0.1) is 0 Å². The van der Waals surface area contributed by atoms with E-state index in [0.29, 0.717) is 23.2 Å². The molecule has 140 valence electrons. The van der Waals surface area contributed by atoms with Crippen molar-refractivity contribution in [3.8, 4) is 5.75 Å². The number of guanidine groups is 1. The SMILES string of the molecule is C=CC(=O)Nc1cc(NC(=N)N)c(OC)cc1N1CCC(N2CCC2)C1. The largest absolute Gasteiger partial charge is 0.494 e. The van der Waals surface area contributed by atoms with Gasteiger partial charge in [0.05, 0.1) is 24.2 Å². The van der Waals surface area contributed by atoms with E-state index in [1.165, 1.54) is 25.6 Å². The van der Waals surface area contributed by atoms with Gasteiger partial charge in [-0.1, -0.05) is 6.58 Å². The number of carbonyl (C=O) groups is 1. The Hall–Kier alpha value is -2.74. The summed E-state index contributed by atoms with van der Waals surface area (Å²) in [6, 6.07) is 4.17. The number of benzene rings is 1. The molecule has 2 aliphatic rings. The van der Waals surface area contributed by atoms with Crippen LogP contribution in [-0.4, -0.2) is 56.1 Å². The van der Waals surface area contributed by atoms with Crippen molar-refractivity contribution in [2.75, 3.05) is 48.8 Å². The summed E-state index contributed by atoms with van der Waals surface area (Å²) in [5, 5.41) is 13.1. The van der Waals surface area contributed by atoms with Gasteiger partial charge in [0, 0.05) is 25.2 Å². The maximum atomic E-state index is 11.9. The highest BCUT2D eigenvalue weighted by Crippen LogP contribution is 2.39. The summed E-state index contributed by atoms with van der Waals surface area (Å²) in [7, 11) is 1.57. The smallest absolute Gasteiger partial charge is 0.247 e. The van der Waals surface area contributed by atoms with E-state index in [4.69, 9.17) is 15.9 Å². The first-order chi connectivity index (χ1) is 12.5. The number of hydrogen-bond donors (Lipinski definition) is 4. The van der Waals surface area contributed by atoms with Crippen molar-refractivity contribution < 1.29 is 9.53 Å². The zero-order chi connectivity index (χ0) is 18.7. The van der Waals surface area contributed by atoms with Crippen LogP contribution in [0.15, 0.2) is 24.8 Å². The molecule has 0 aromatic heterocycles. The van der Waals surface area contributed by atoms with E-state index in [-0.39, 0.29) is 11.9 Å². The molecule has 0 aliphatic carbocycles. The summed E-state index contributed by atoms with van der Waals surface area (Å²) in [6.07, 6.45) is 3.61. The van der Waals surface area contributed by atoms with Crippen molar-refractivity contribution in [2.24, 2.45) is 5.73 Å². The first kappa shape index (κ1) is 18.1. The Bertz CT molecular complexity index is 716. The molecule has 26 heavy (non-hydrogen) atoms. The Balaban J connectivity index is 1.91. The number of nitrogens with two attached hydrogens (primary N) is 1. The number of likely N-dealkylation sites (tertiary alicyclic amines) is 1. The van der Waals surface area contributed by atoms with Gasteiger partial charge in [-0.2, -0.15) is 0 Å². The van der Waals surface area contributed by atoms with Crippen LogP contribution in [-0.2, 0) is 4.79 Å². The molecule has 2 heterocycles. The predicted octanol–water partition coefficient (Wildman–Crippen LogP) is 1.41. The number of nitrogens with one attached hydrogen (secondary N) is 3. The van der Waals surface area contributed by atoms with Gasteiger partial charge >= 0.3 is 0 Å². The lowest BCUT2D eigenvalue weighted by Gasteiger charge is -2.36. The number of ether oxygens (including phenoxy) is 1. The molecule has 5 N–H and O–H groups in total. The minimum absolute atomic E-state index is 0.198. The average molecular weight is 358 g/mol. The van der Waals surface area contributed by atoms with Crippen molar-refractivity contribution in [3.05, 3.63) is 24.8 Å². The molecule has 0 bridgehead atoms. The normalized spacial score (nSPS) is 19.6. The molecule has 1 amide bonds. The fraction of sp³-hybridized carbons (Fsp3) is 0.444. The summed E-state index contributed by atoms with van der Waals surface area (Å²) in [6.45, 7) is 7.69. The highest BCUT2D eigenvalue weighted by Gasteiger charge is 2.32. The summed E-state index contributed by atoms with van der Waals surface area (Å²) < 4.78 is 5.45.